The number of aromatic nitrogens is 1. The number of fused-ring (bicyclic) bond motifs is 1. The Bertz CT molecular complexity index is 892. The van der Waals surface area contributed by atoms with Gasteiger partial charge in [-0.25, -0.2) is 4.79 Å². The molecule has 0 saturated heterocycles. The minimum Gasteiger partial charge on any atom is -0.477 e. The van der Waals surface area contributed by atoms with E-state index in [1.807, 2.05) is 29.7 Å². The van der Waals surface area contributed by atoms with E-state index in [0.29, 0.717) is 16.8 Å². The number of carbonyl (C=O) groups is 1. The van der Waals surface area contributed by atoms with Crippen molar-refractivity contribution in [2.75, 3.05) is 0 Å². The van der Waals surface area contributed by atoms with Gasteiger partial charge in [-0.3, -0.25) is 4.79 Å². The maximum Gasteiger partial charge on any atom is 0.345 e. The summed E-state index contributed by atoms with van der Waals surface area (Å²) in [5.41, 5.74) is 1.81. The van der Waals surface area contributed by atoms with Gasteiger partial charge in [0.25, 0.3) is 0 Å². The maximum atomic E-state index is 11.9. The topological polar surface area (TPSA) is 59.3 Å². The van der Waals surface area contributed by atoms with Crippen LogP contribution in [0.4, 0.5) is 0 Å². The first-order valence-electron chi connectivity index (χ1n) is 6.47. The third-order valence-electron chi connectivity index (χ3n) is 3.46. The Morgan fingerprint density at radius 1 is 1.29 bits per heavy atom. The van der Waals surface area contributed by atoms with E-state index in [4.69, 9.17) is 5.11 Å². The highest BCUT2D eigenvalue weighted by Crippen LogP contribution is 2.23. The van der Waals surface area contributed by atoms with Crippen LogP contribution in [0.3, 0.4) is 0 Å². The number of pyridine rings is 1. The van der Waals surface area contributed by atoms with Crippen LogP contribution in [0.2, 0.25) is 0 Å². The zero-order valence-electron chi connectivity index (χ0n) is 11.4. The number of carboxylic acids is 1. The van der Waals surface area contributed by atoms with Crippen LogP contribution in [0, 0.1) is 6.92 Å². The molecule has 1 N–H and O–H groups in total. The number of aromatic carboxylic acids is 1. The molecule has 0 amide bonds. The van der Waals surface area contributed by atoms with E-state index in [1.54, 1.807) is 24.4 Å². The first-order chi connectivity index (χ1) is 10.1. The summed E-state index contributed by atoms with van der Waals surface area (Å²) < 4.78 is 1.97. The van der Waals surface area contributed by atoms with Crippen molar-refractivity contribution < 1.29 is 9.90 Å². The molecule has 0 aliphatic rings. The second kappa shape index (κ2) is 5.18. The van der Waals surface area contributed by atoms with Gasteiger partial charge in [-0.05, 0) is 30.7 Å². The van der Waals surface area contributed by atoms with Crippen LogP contribution < -0.4 is 5.43 Å². The van der Waals surface area contributed by atoms with Crippen molar-refractivity contribution in [1.82, 2.24) is 4.57 Å². The molecule has 3 rings (SSSR count). The van der Waals surface area contributed by atoms with Crippen LogP contribution in [-0.2, 0) is 6.54 Å². The molecule has 0 unspecified atom stereocenters. The third-order valence-corrected chi connectivity index (χ3v) is 4.54. The van der Waals surface area contributed by atoms with Crippen molar-refractivity contribution in [3.8, 4) is 0 Å². The molecule has 0 atom stereocenters. The van der Waals surface area contributed by atoms with Crippen LogP contribution >= 0.6 is 11.3 Å². The van der Waals surface area contributed by atoms with Gasteiger partial charge in [0.05, 0.1) is 5.52 Å². The van der Waals surface area contributed by atoms with Gasteiger partial charge >= 0.3 is 5.97 Å². The molecule has 0 radical (unpaired) electrons. The number of hydrogen-bond donors (Lipinski definition) is 1. The first-order valence-corrected chi connectivity index (χ1v) is 7.28. The Morgan fingerprint density at radius 3 is 2.76 bits per heavy atom. The molecule has 2 heterocycles. The van der Waals surface area contributed by atoms with Gasteiger partial charge in [-0.2, -0.15) is 0 Å². The molecule has 0 fully saturated rings. The number of hydrogen-bond acceptors (Lipinski definition) is 3. The number of benzene rings is 1. The Morgan fingerprint density at radius 2 is 2.05 bits per heavy atom. The lowest BCUT2D eigenvalue weighted by atomic mass is 10.2. The van der Waals surface area contributed by atoms with Crippen molar-refractivity contribution in [2.24, 2.45) is 0 Å². The van der Waals surface area contributed by atoms with Crippen molar-refractivity contribution in [3.05, 3.63) is 68.1 Å². The molecule has 3 aromatic rings. The van der Waals surface area contributed by atoms with E-state index in [-0.39, 0.29) is 5.43 Å². The minimum atomic E-state index is -0.904. The van der Waals surface area contributed by atoms with E-state index in [9.17, 15) is 9.59 Å². The first kappa shape index (κ1) is 13.6. The van der Waals surface area contributed by atoms with E-state index in [1.165, 1.54) is 11.3 Å². The molecule has 1 aromatic carbocycles. The Hall–Kier alpha value is -2.40. The molecule has 0 spiro atoms. The molecular formula is C16H13NO3S. The van der Waals surface area contributed by atoms with Gasteiger partial charge in [0.1, 0.15) is 4.88 Å². The van der Waals surface area contributed by atoms with Crippen LogP contribution in [0.1, 0.15) is 20.1 Å². The number of nitrogens with zero attached hydrogens (tertiary/aromatic N) is 1. The molecule has 0 aliphatic heterocycles. The second-order valence-corrected chi connectivity index (χ2v) is 6.08. The summed E-state index contributed by atoms with van der Waals surface area (Å²) in [5, 5.41) is 9.73. The standard InChI is InChI=1S/C16H13NO3S/c1-10-11(8-15(21-10)16(19)20)9-17-7-6-14(18)12-4-2-3-5-13(12)17/h2-8H,9H2,1H3,(H,19,20). The van der Waals surface area contributed by atoms with Crippen LogP contribution in [0.25, 0.3) is 10.9 Å². The molecule has 106 valence electrons. The van der Waals surface area contributed by atoms with Gasteiger partial charge in [-0.1, -0.05) is 12.1 Å². The van der Waals surface area contributed by atoms with Crippen molar-refractivity contribution in [2.45, 2.75) is 13.5 Å². The molecule has 0 bridgehead atoms. The van der Waals surface area contributed by atoms with Crippen molar-refractivity contribution in [1.29, 1.82) is 0 Å². The average Bonchev–Trinajstić information content (AvgIpc) is 2.84. The number of aryl methyl sites for hydroxylation is 1. The smallest absolute Gasteiger partial charge is 0.345 e. The summed E-state index contributed by atoms with van der Waals surface area (Å²) in [4.78, 5) is 24.2. The Balaban J connectivity index is 2.09. The lowest BCUT2D eigenvalue weighted by Crippen LogP contribution is -2.08. The number of carboxylic acid groups (broad SMARTS) is 1. The van der Waals surface area contributed by atoms with Gasteiger partial charge in [0.15, 0.2) is 5.43 Å². The highest BCUT2D eigenvalue weighted by molar-refractivity contribution is 7.14. The molecular weight excluding hydrogens is 286 g/mol. The van der Waals surface area contributed by atoms with E-state index >= 15 is 0 Å². The monoisotopic (exact) mass is 299 g/mol. The highest BCUT2D eigenvalue weighted by Gasteiger charge is 2.12. The van der Waals surface area contributed by atoms with E-state index in [2.05, 4.69) is 0 Å². The quantitative estimate of drug-likeness (QED) is 0.808. The molecule has 0 aliphatic carbocycles. The Kier molecular flexibility index (Phi) is 3.35. The zero-order chi connectivity index (χ0) is 15.0. The SMILES string of the molecule is Cc1sc(C(=O)O)cc1Cn1ccc(=O)c2ccccc21. The van der Waals surface area contributed by atoms with Gasteiger partial charge in [0.2, 0.25) is 0 Å². The van der Waals surface area contributed by atoms with Crippen molar-refractivity contribution in [3.63, 3.8) is 0 Å². The summed E-state index contributed by atoms with van der Waals surface area (Å²) in [5.74, 6) is -0.904. The average molecular weight is 299 g/mol. The van der Waals surface area contributed by atoms with Gasteiger partial charge in [0, 0.05) is 29.1 Å². The fraction of sp³-hybridized carbons (Fsp3) is 0.125. The van der Waals surface area contributed by atoms with E-state index < -0.39 is 5.97 Å². The highest BCUT2D eigenvalue weighted by atomic mass is 32.1. The lowest BCUT2D eigenvalue weighted by molar-refractivity contribution is 0.0702. The summed E-state index contributed by atoms with van der Waals surface area (Å²) in [7, 11) is 0. The maximum absolute atomic E-state index is 11.9. The summed E-state index contributed by atoms with van der Waals surface area (Å²) >= 11 is 1.28. The molecule has 5 heteroatoms. The predicted molar refractivity (Wildman–Crippen MR) is 83.3 cm³/mol. The third kappa shape index (κ3) is 2.48. The molecule has 0 saturated carbocycles. The number of para-hydroxylation sites is 1. The van der Waals surface area contributed by atoms with Crippen LogP contribution in [-0.4, -0.2) is 15.6 Å². The second-order valence-electron chi connectivity index (χ2n) is 4.82. The largest absolute Gasteiger partial charge is 0.477 e. The molecule has 2 aromatic heterocycles. The van der Waals surface area contributed by atoms with Crippen LogP contribution in [0.15, 0.2) is 47.4 Å². The Labute approximate surface area is 124 Å². The fourth-order valence-electron chi connectivity index (χ4n) is 2.36. The summed E-state index contributed by atoms with van der Waals surface area (Å²) in [6, 6.07) is 10.7. The van der Waals surface area contributed by atoms with Crippen molar-refractivity contribution >= 4 is 28.2 Å². The van der Waals surface area contributed by atoms with Gasteiger partial charge in [-0.15, -0.1) is 11.3 Å². The van der Waals surface area contributed by atoms with E-state index in [0.717, 1.165) is 16.0 Å². The van der Waals surface area contributed by atoms with Gasteiger partial charge < -0.3 is 9.67 Å². The zero-order valence-corrected chi connectivity index (χ0v) is 12.2. The predicted octanol–water partition coefficient (Wildman–Crippen LogP) is 3.12. The summed E-state index contributed by atoms with van der Waals surface area (Å²) in [6.45, 7) is 2.47. The fourth-order valence-corrected chi connectivity index (χ4v) is 3.24. The molecule has 21 heavy (non-hydrogen) atoms. The summed E-state index contributed by atoms with van der Waals surface area (Å²) in [6.07, 6.45) is 1.75. The number of thiophene rings is 1. The van der Waals surface area contributed by atoms with Crippen LogP contribution in [0.5, 0.6) is 0 Å². The lowest BCUT2D eigenvalue weighted by Gasteiger charge is -2.10. The molecule has 4 nitrogen and oxygen atoms in total. The normalized spacial score (nSPS) is 10.9. The number of rotatable bonds is 3. The minimum absolute atomic E-state index is 0.00452.